The molecule has 2 N–H and O–H groups in total. The average molecular weight is 297 g/mol. The Kier molecular flexibility index (Phi) is 4.39. The molecule has 0 amide bonds. The Morgan fingerprint density at radius 1 is 1.42 bits per heavy atom. The lowest BCUT2D eigenvalue weighted by molar-refractivity contribution is 0.0690. The molecule has 0 spiro atoms. The highest BCUT2D eigenvalue weighted by atomic mass is 35.5. The second-order valence-corrected chi connectivity index (χ2v) is 5.67. The second kappa shape index (κ2) is 6.04. The van der Waals surface area contributed by atoms with Crippen molar-refractivity contribution in [3.63, 3.8) is 0 Å². The summed E-state index contributed by atoms with van der Waals surface area (Å²) in [5, 5.41) is 13.4. The van der Waals surface area contributed by atoms with Crippen molar-refractivity contribution in [2.75, 3.05) is 11.9 Å². The van der Waals surface area contributed by atoms with Gasteiger partial charge in [-0.25, -0.2) is 9.78 Å². The summed E-state index contributed by atoms with van der Waals surface area (Å²) >= 11 is 7.17. The third kappa shape index (κ3) is 3.68. The topological polar surface area (TPSA) is 62.2 Å². The molecule has 0 saturated heterocycles. The molecule has 6 heteroatoms. The fourth-order valence-electron chi connectivity index (χ4n) is 1.64. The molecule has 1 aromatic heterocycles. The number of carbonyl (C=O) groups is 1. The normalized spacial score (nSPS) is 10.4. The molecule has 2 rings (SSSR count). The quantitative estimate of drug-likeness (QED) is 0.887. The van der Waals surface area contributed by atoms with Crippen LogP contribution in [0.2, 0.25) is 5.02 Å². The summed E-state index contributed by atoms with van der Waals surface area (Å²) in [5.41, 5.74) is 1.29. The first-order valence-corrected chi connectivity index (χ1v) is 6.95. The lowest BCUT2D eigenvalue weighted by Gasteiger charge is -2.02. The number of halogens is 1. The van der Waals surface area contributed by atoms with Gasteiger partial charge in [-0.15, -0.1) is 11.3 Å². The maximum Gasteiger partial charge on any atom is 0.355 e. The molecule has 0 fully saturated rings. The van der Waals surface area contributed by atoms with Crippen molar-refractivity contribution in [1.82, 2.24) is 4.98 Å². The Morgan fingerprint density at radius 3 is 2.68 bits per heavy atom. The van der Waals surface area contributed by atoms with E-state index < -0.39 is 5.97 Å². The van der Waals surface area contributed by atoms with E-state index >= 15 is 0 Å². The number of nitrogens with zero attached hydrogens (tertiary/aromatic N) is 1. The lowest BCUT2D eigenvalue weighted by Crippen LogP contribution is -2.05. The number of hydrogen-bond donors (Lipinski definition) is 2. The maximum absolute atomic E-state index is 10.9. The van der Waals surface area contributed by atoms with Gasteiger partial charge in [0, 0.05) is 16.4 Å². The molecular formula is C13H13ClN2O2S. The largest absolute Gasteiger partial charge is 0.476 e. The van der Waals surface area contributed by atoms with Gasteiger partial charge in [0.1, 0.15) is 0 Å². The number of thiazole rings is 1. The number of anilines is 1. The van der Waals surface area contributed by atoms with Crippen LogP contribution in [0.3, 0.4) is 0 Å². The third-order valence-corrected chi connectivity index (χ3v) is 3.78. The lowest BCUT2D eigenvalue weighted by atomic mass is 10.1. The molecule has 0 aliphatic heterocycles. The Balaban J connectivity index is 1.90. The fourth-order valence-corrected chi connectivity index (χ4v) is 2.59. The molecule has 4 nitrogen and oxygen atoms in total. The number of aromatic carboxylic acids is 1. The zero-order valence-corrected chi connectivity index (χ0v) is 11.9. The van der Waals surface area contributed by atoms with Crippen molar-refractivity contribution >= 4 is 34.0 Å². The highest BCUT2D eigenvalue weighted by Crippen LogP contribution is 2.22. The van der Waals surface area contributed by atoms with Crippen LogP contribution in [0.15, 0.2) is 24.3 Å². The number of nitrogens with one attached hydrogen (secondary N) is 1. The maximum atomic E-state index is 10.9. The minimum Gasteiger partial charge on any atom is -0.476 e. The number of aromatic nitrogens is 1. The van der Waals surface area contributed by atoms with E-state index in [-0.39, 0.29) is 5.69 Å². The summed E-state index contributed by atoms with van der Waals surface area (Å²) in [4.78, 5) is 15.6. The Hall–Kier alpha value is -1.59. The van der Waals surface area contributed by atoms with Crippen LogP contribution in [0.1, 0.15) is 20.9 Å². The van der Waals surface area contributed by atoms with Crippen molar-refractivity contribution in [2.45, 2.75) is 13.3 Å². The number of carboxylic acids is 1. The molecule has 0 aliphatic carbocycles. The summed E-state index contributed by atoms with van der Waals surface area (Å²) in [6.07, 6.45) is 0.832. The van der Waals surface area contributed by atoms with Gasteiger partial charge in [0.15, 0.2) is 10.8 Å². The molecule has 2 aromatic rings. The molecular weight excluding hydrogens is 284 g/mol. The first-order valence-electron chi connectivity index (χ1n) is 5.75. The van der Waals surface area contributed by atoms with Crippen LogP contribution in [0.5, 0.6) is 0 Å². The minimum absolute atomic E-state index is 0.124. The van der Waals surface area contributed by atoms with Gasteiger partial charge >= 0.3 is 5.97 Å². The fraction of sp³-hybridized carbons (Fsp3) is 0.231. The van der Waals surface area contributed by atoms with Gasteiger partial charge in [-0.05, 0) is 31.0 Å². The van der Waals surface area contributed by atoms with Crippen LogP contribution in [0.25, 0.3) is 0 Å². The number of carboxylic acid groups (broad SMARTS) is 1. The van der Waals surface area contributed by atoms with E-state index in [0.717, 1.165) is 11.4 Å². The molecule has 0 unspecified atom stereocenters. The molecule has 0 saturated carbocycles. The predicted octanol–water partition coefficient (Wildman–Crippen LogP) is 3.46. The monoisotopic (exact) mass is 296 g/mol. The minimum atomic E-state index is -0.987. The number of benzene rings is 1. The molecule has 0 aliphatic rings. The van der Waals surface area contributed by atoms with Gasteiger partial charge in [-0.3, -0.25) is 0 Å². The van der Waals surface area contributed by atoms with Gasteiger partial charge in [0.05, 0.1) is 0 Å². The molecule has 0 atom stereocenters. The molecule has 1 aromatic carbocycles. The van der Waals surface area contributed by atoms with Crippen LogP contribution in [0.4, 0.5) is 5.13 Å². The van der Waals surface area contributed by atoms with E-state index in [1.807, 2.05) is 24.3 Å². The van der Waals surface area contributed by atoms with Crippen LogP contribution in [0, 0.1) is 6.92 Å². The first-order chi connectivity index (χ1) is 9.06. The molecule has 1 heterocycles. The summed E-state index contributed by atoms with van der Waals surface area (Å²) in [6, 6.07) is 7.65. The zero-order valence-electron chi connectivity index (χ0n) is 10.3. The van der Waals surface area contributed by atoms with Gasteiger partial charge in [-0.2, -0.15) is 0 Å². The Morgan fingerprint density at radius 2 is 2.11 bits per heavy atom. The Labute approximate surface area is 120 Å². The predicted molar refractivity (Wildman–Crippen MR) is 77.5 cm³/mol. The van der Waals surface area contributed by atoms with Crippen LogP contribution >= 0.6 is 22.9 Å². The van der Waals surface area contributed by atoms with E-state index in [1.165, 1.54) is 16.9 Å². The molecule has 0 bridgehead atoms. The second-order valence-electron chi connectivity index (χ2n) is 4.03. The van der Waals surface area contributed by atoms with Crippen LogP contribution in [-0.2, 0) is 6.42 Å². The van der Waals surface area contributed by atoms with Gasteiger partial charge in [0.25, 0.3) is 0 Å². The summed E-state index contributed by atoms with van der Waals surface area (Å²) in [7, 11) is 0. The molecule has 19 heavy (non-hydrogen) atoms. The first kappa shape index (κ1) is 13.8. The zero-order chi connectivity index (χ0) is 13.8. The number of aryl methyl sites for hydroxylation is 1. The van der Waals surface area contributed by atoms with Gasteiger partial charge in [0.2, 0.25) is 0 Å². The highest BCUT2D eigenvalue weighted by molar-refractivity contribution is 7.15. The number of hydrogen-bond acceptors (Lipinski definition) is 4. The summed E-state index contributed by atoms with van der Waals surface area (Å²) < 4.78 is 0. The van der Waals surface area contributed by atoms with E-state index in [4.69, 9.17) is 16.7 Å². The van der Waals surface area contributed by atoms with Gasteiger partial charge in [-0.1, -0.05) is 23.7 Å². The van der Waals surface area contributed by atoms with Crippen molar-refractivity contribution < 1.29 is 9.90 Å². The third-order valence-electron chi connectivity index (χ3n) is 2.60. The average Bonchev–Trinajstić information content (AvgIpc) is 2.73. The van der Waals surface area contributed by atoms with Crippen molar-refractivity contribution in [2.24, 2.45) is 0 Å². The highest BCUT2D eigenvalue weighted by Gasteiger charge is 2.13. The van der Waals surface area contributed by atoms with Crippen molar-refractivity contribution in [3.05, 3.63) is 45.4 Å². The van der Waals surface area contributed by atoms with Crippen LogP contribution < -0.4 is 5.32 Å². The standard InChI is InChI=1S/C13H13ClN2O2S/c1-8-11(12(17)18)16-13(19-8)15-7-6-9-2-4-10(14)5-3-9/h2-5H,6-7H2,1H3,(H,15,16)(H,17,18). The molecule has 0 radical (unpaired) electrons. The van der Waals surface area contributed by atoms with Gasteiger partial charge < -0.3 is 10.4 Å². The smallest absolute Gasteiger partial charge is 0.355 e. The van der Waals surface area contributed by atoms with E-state index in [2.05, 4.69) is 10.3 Å². The molecule has 100 valence electrons. The van der Waals surface area contributed by atoms with E-state index in [1.54, 1.807) is 6.92 Å². The van der Waals surface area contributed by atoms with Crippen LogP contribution in [-0.4, -0.2) is 22.6 Å². The summed E-state index contributed by atoms with van der Waals surface area (Å²) in [5.74, 6) is -0.987. The number of rotatable bonds is 5. The Bertz CT molecular complexity index is 581. The summed E-state index contributed by atoms with van der Waals surface area (Å²) in [6.45, 7) is 2.46. The van der Waals surface area contributed by atoms with Crippen molar-refractivity contribution in [1.29, 1.82) is 0 Å². The van der Waals surface area contributed by atoms with Crippen molar-refractivity contribution in [3.8, 4) is 0 Å². The van der Waals surface area contributed by atoms with E-state index in [9.17, 15) is 4.79 Å². The van der Waals surface area contributed by atoms with E-state index in [0.29, 0.717) is 16.6 Å². The SMILES string of the molecule is Cc1sc(NCCc2ccc(Cl)cc2)nc1C(=O)O.